The summed E-state index contributed by atoms with van der Waals surface area (Å²) in [6.45, 7) is 0. The van der Waals surface area contributed by atoms with Crippen molar-refractivity contribution in [2.24, 2.45) is 23.5 Å². The van der Waals surface area contributed by atoms with Gasteiger partial charge < -0.3 is 11.1 Å². The molecule has 2 saturated carbocycles. The van der Waals surface area contributed by atoms with Crippen LogP contribution in [0.15, 0.2) is 22.7 Å². The molecule has 2 fully saturated rings. The molecule has 0 saturated heterocycles. The van der Waals surface area contributed by atoms with Gasteiger partial charge >= 0.3 is 0 Å². The predicted molar refractivity (Wildman–Crippen MR) is 80.1 cm³/mol. The summed E-state index contributed by atoms with van der Waals surface area (Å²) in [5.41, 5.74) is 6.94. The number of anilines is 1. The van der Waals surface area contributed by atoms with E-state index < -0.39 is 0 Å². The lowest BCUT2D eigenvalue weighted by molar-refractivity contribution is -0.121. The first-order chi connectivity index (χ1) is 9.06. The highest BCUT2D eigenvalue weighted by molar-refractivity contribution is 9.10. The SMILES string of the molecule is NC1C2CCC(C2)C1C(=O)Nc1ccc(Cl)c(Br)c1. The summed E-state index contributed by atoms with van der Waals surface area (Å²) in [6, 6.07) is 5.42. The Balaban J connectivity index is 1.73. The van der Waals surface area contributed by atoms with Gasteiger partial charge in [-0.25, -0.2) is 0 Å². The molecule has 3 rings (SSSR count). The van der Waals surface area contributed by atoms with Crippen molar-refractivity contribution in [3.63, 3.8) is 0 Å². The standard InChI is InChI=1S/C14H16BrClN2O/c15-10-6-9(3-4-11(10)16)18-14(19)12-7-1-2-8(5-7)13(12)17/h3-4,6-8,12-13H,1-2,5,17H2,(H,18,19). The Kier molecular flexibility index (Phi) is 3.58. The number of carbonyl (C=O) groups excluding carboxylic acids is 1. The number of nitrogens with two attached hydrogens (primary N) is 1. The molecular formula is C14H16BrClN2O. The number of hydrogen-bond donors (Lipinski definition) is 2. The molecule has 5 heteroatoms. The van der Waals surface area contributed by atoms with Crippen molar-refractivity contribution in [1.29, 1.82) is 0 Å². The third kappa shape index (κ3) is 2.41. The summed E-state index contributed by atoms with van der Waals surface area (Å²) in [6.07, 6.45) is 3.44. The molecule has 1 amide bonds. The molecule has 2 aliphatic rings. The summed E-state index contributed by atoms with van der Waals surface area (Å²) >= 11 is 9.30. The lowest BCUT2D eigenvalue weighted by Gasteiger charge is -2.27. The second-order valence-electron chi connectivity index (χ2n) is 5.55. The molecule has 3 N–H and O–H groups in total. The van der Waals surface area contributed by atoms with Crippen LogP contribution in [0.2, 0.25) is 5.02 Å². The summed E-state index contributed by atoms with van der Waals surface area (Å²) in [5.74, 6) is 1.02. The maximum absolute atomic E-state index is 12.4. The van der Waals surface area contributed by atoms with E-state index in [1.165, 1.54) is 6.42 Å². The van der Waals surface area contributed by atoms with Gasteiger partial charge in [-0.2, -0.15) is 0 Å². The fourth-order valence-corrected chi connectivity index (χ4v) is 4.02. The molecule has 0 spiro atoms. The number of halogens is 2. The second kappa shape index (κ2) is 5.08. The van der Waals surface area contributed by atoms with Crippen LogP contribution in [-0.2, 0) is 4.79 Å². The van der Waals surface area contributed by atoms with Gasteiger partial charge in [-0.05, 0) is 65.2 Å². The number of nitrogens with one attached hydrogen (secondary N) is 1. The number of hydrogen-bond acceptors (Lipinski definition) is 2. The van der Waals surface area contributed by atoms with E-state index in [0.29, 0.717) is 16.9 Å². The Morgan fingerprint density at radius 1 is 1.37 bits per heavy atom. The molecule has 2 bridgehead atoms. The first-order valence-electron chi connectivity index (χ1n) is 6.58. The van der Waals surface area contributed by atoms with Crippen molar-refractivity contribution in [1.82, 2.24) is 0 Å². The molecular weight excluding hydrogens is 328 g/mol. The molecule has 2 aliphatic carbocycles. The van der Waals surface area contributed by atoms with Crippen molar-refractivity contribution >= 4 is 39.1 Å². The average Bonchev–Trinajstić information content (AvgIpc) is 2.94. The Hall–Kier alpha value is -0.580. The van der Waals surface area contributed by atoms with E-state index in [0.717, 1.165) is 23.0 Å². The largest absolute Gasteiger partial charge is 0.327 e. The van der Waals surface area contributed by atoms with Crippen molar-refractivity contribution in [2.75, 3.05) is 5.32 Å². The van der Waals surface area contributed by atoms with Gasteiger partial charge in [-0.3, -0.25) is 4.79 Å². The van der Waals surface area contributed by atoms with Crippen LogP contribution in [0, 0.1) is 17.8 Å². The van der Waals surface area contributed by atoms with Gasteiger partial charge in [0.25, 0.3) is 0 Å². The van der Waals surface area contributed by atoms with Crippen LogP contribution in [0.5, 0.6) is 0 Å². The minimum absolute atomic E-state index is 0.0227. The molecule has 0 radical (unpaired) electrons. The zero-order valence-corrected chi connectivity index (χ0v) is 12.7. The zero-order chi connectivity index (χ0) is 13.6. The smallest absolute Gasteiger partial charge is 0.229 e. The van der Waals surface area contributed by atoms with Gasteiger partial charge in [0.05, 0.1) is 10.9 Å². The second-order valence-corrected chi connectivity index (χ2v) is 6.82. The third-order valence-corrected chi connectivity index (χ3v) is 5.68. The van der Waals surface area contributed by atoms with Gasteiger partial charge in [0.15, 0.2) is 0 Å². The van der Waals surface area contributed by atoms with Gasteiger partial charge in [0.2, 0.25) is 5.91 Å². The number of carbonyl (C=O) groups is 1. The van der Waals surface area contributed by atoms with E-state index in [-0.39, 0.29) is 17.9 Å². The molecule has 0 aliphatic heterocycles. The molecule has 0 heterocycles. The van der Waals surface area contributed by atoms with E-state index >= 15 is 0 Å². The molecule has 4 atom stereocenters. The summed E-state index contributed by atoms with van der Waals surface area (Å²) in [5, 5.41) is 3.59. The number of benzene rings is 1. The molecule has 102 valence electrons. The highest BCUT2D eigenvalue weighted by atomic mass is 79.9. The van der Waals surface area contributed by atoms with Crippen molar-refractivity contribution < 1.29 is 4.79 Å². The fourth-order valence-electron chi connectivity index (χ4n) is 3.52. The summed E-state index contributed by atoms with van der Waals surface area (Å²) in [7, 11) is 0. The highest BCUT2D eigenvalue weighted by Crippen LogP contribution is 2.47. The first-order valence-corrected chi connectivity index (χ1v) is 7.75. The van der Waals surface area contributed by atoms with Gasteiger partial charge in [-0.1, -0.05) is 11.6 Å². The van der Waals surface area contributed by atoms with E-state index in [1.807, 2.05) is 12.1 Å². The predicted octanol–water partition coefficient (Wildman–Crippen LogP) is 3.41. The normalized spacial score (nSPS) is 32.6. The molecule has 0 aromatic heterocycles. The molecule has 1 aromatic rings. The minimum atomic E-state index is -0.0341. The maximum Gasteiger partial charge on any atom is 0.229 e. The maximum atomic E-state index is 12.4. The van der Waals surface area contributed by atoms with E-state index in [9.17, 15) is 4.79 Å². The van der Waals surface area contributed by atoms with Crippen molar-refractivity contribution in [3.8, 4) is 0 Å². The molecule has 3 nitrogen and oxygen atoms in total. The lowest BCUT2D eigenvalue weighted by Crippen LogP contribution is -2.42. The fraction of sp³-hybridized carbons (Fsp3) is 0.500. The number of rotatable bonds is 2. The topological polar surface area (TPSA) is 55.1 Å². The van der Waals surface area contributed by atoms with Crippen LogP contribution < -0.4 is 11.1 Å². The van der Waals surface area contributed by atoms with Crippen LogP contribution in [0.4, 0.5) is 5.69 Å². The summed E-state index contributed by atoms with van der Waals surface area (Å²) < 4.78 is 0.782. The molecule has 19 heavy (non-hydrogen) atoms. The Bertz CT molecular complexity index is 520. The first kappa shape index (κ1) is 13.4. The van der Waals surface area contributed by atoms with Crippen molar-refractivity contribution in [2.45, 2.75) is 25.3 Å². The zero-order valence-electron chi connectivity index (χ0n) is 10.4. The van der Waals surface area contributed by atoms with Crippen LogP contribution >= 0.6 is 27.5 Å². The third-order valence-electron chi connectivity index (χ3n) is 4.47. The minimum Gasteiger partial charge on any atom is -0.327 e. The Labute approximate surface area is 126 Å². The Morgan fingerprint density at radius 2 is 2.11 bits per heavy atom. The van der Waals surface area contributed by atoms with E-state index in [1.54, 1.807) is 6.07 Å². The average molecular weight is 344 g/mol. The number of fused-ring (bicyclic) bond motifs is 2. The van der Waals surface area contributed by atoms with Crippen LogP contribution in [0.1, 0.15) is 19.3 Å². The lowest BCUT2D eigenvalue weighted by atomic mass is 9.84. The highest BCUT2D eigenvalue weighted by Gasteiger charge is 2.49. The molecule has 4 unspecified atom stereocenters. The summed E-state index contributed by atoms with van der Waals surface area (Å²) in [4.78, 5) is 12.4. The van der Waals surface area contributed by atoms with Crippen LogP contribution in [0.3, 0.4) is 0 Å². The van der Waals surface area contributed by atoms with E-state index in [4.69, 9.17) is 17.3 Å². The Morgan fingerprint density at radius 3 is 2.74 bits per heavy atom. The van der Waals surface area contributed by atoms with Gasteiger partial charge in [0.1, 0.15) is 0 Å². The van der Waals surface area contributed by atoms with Crippen LogP contribution in [0.25, 0.3) is 0 Å². The van der Waals surface area contributed by atoms with Crippen molar-refractivity contribution in [3.05, 3.63) is 27.7 Å². The van der Waals surface area contributed by atoms with E-state index in [2.05, 4.69) is 21.2 Å². The van der Waals surface area contributed by atoms with Crippen LogP contribution in [-0.4, -0.2) is 11.9 Å². The molecule has 1 aromatic carbocycles. The quantitative estimate of drug-likeness (QED) is 0.864. The van der Waals surface area contributed by atoms with Gasteiger partial charge in [-0.15, -0.1) is 0 Å². The number of amides is 1. The van der Waals surface area contributed by atoms with Gasteiger partial charge in [0, 0.05) is 16.2 Å². The monoisotopic (exact) mass is 342 g/mol.